The van der Waals surface area contributed by atoms with Gasteiger partial charge in [0.2, 0.25) is 5.91 Å². The summed E-state index contributed by atoms with van der Waals surface area (Å²) >= 11 is 1.55. The number of benzene rings is 1. The van der Waals surface area contributed by atoms with Gasteiger partial charge in [-0.15, -0.1) is 11.3 Å². The van der Waals surface area contributed by atoms with Gasteiger partial charge in [-0.25, -0.2) is 4.98 Å². The van der Waals surface area contributed by atoms with Gasteiger partial charge in [-0.2, -0.15) is 0 Å². The van der Waals surface area contributed by atoms with E-state index in [1.807, 2.05) is 41.8 Å². The zero-order valence-electron chi connectivity index (χ0n) is 15.3. The number of carbonyl (C=O) groups excluding carboxylic acids is 1. The molecule has 0 aliphatic carbocycles. The number of methoxy groups -OCH3 is 2. The van der Waals surface area contributed by atoms with Crippen molar-refractivity contribution >= 4 is 17.2 Å². The van der Waals surface area contributed by atoms with Gasteiger partial charge in [0.1, 0.15) is 0 Å². The fourth-order valence-electron chi connectivity index (χ4n) is 2.56. The van der Waals surface area contributed by atoms with Crippen molar-refractivity contribution in [2.75, 3.05) is 14.2 Å². The van der Waals surface area contributed by atoms with Crippen molar-refractivity contribution in [1.82, 2.24) is 15.3 Å². The Morgan fingerprint density at radius 2 is 1.96 bits per heavy atom. The molecule has 140 valence electrons. The van der Waals surface area contributed by atoms with Gasteiger partial charge in [-0.1, -0.05) is 12.1 Å². The molecule has 0 fully saturated rings. The molecule has 3 aromatic rings. The molecule has 0 bridgehead atoms. The second kappa shape index (κ2) is 9.14. The summed E-state index contributed by atoms with van der Waals surface area (Å²) in [7, 11) is 3.19. The minimum absolute atomic E-state index is 0.0145. The van der Waals surface area contributed by atoms with Crippen LogP contribution < -0.4 is 14.8 Å². The average molecular weight is 383 g/mol. The third-order valence-corrected chi connectivity index (χ3v) is 4.89. The van der Waals surface area contributed by atoms with E-state index < -0.39 is 0 Å². The van der Waals surface area contributed by atoms with Crippen molar-refractivity contribution in [3.05, 3.63) is 58.5 Å². The molecule has 0 saturated carbocycles. The van der Waals surface area contributed by atoms with E-state index in [1.54, 1.807) is 31.8 Å². The van der Waals surface area contributed by atoms with Crippen molar-refractivity contribution in [3.8, 4) is 22.9 Å². The highest BCUT2D eigenvalue weighted by Gasteiger charge is 2.09. The maximum Gasteiger partial charge on any atom is 0.220 e. The van der Waals surface area contributed by atoms with Crippen molar-refractivity contribution in [2.24, 2.45) is 0 Å². The van der Waals surface area contributed by atoms with Crippen LogP contribution in [0.3, 0.4) is 0 Å². The topological polar surface area (TPSA) is 73.3 Å². The third-order valence-electron chi connectivity index (χ3n) is 3.98. The molecule has 1 aromatic carbocycles. The summed E-state index contributed by atoms with van der Waals surface area (Å²) in [6.07, 6.45) is 2.74. The molecule has 27 heavy (non-hydrogen) atoms. The van der Waals surface area contributed by atoms with Gasteiger partial charge >= 0.3 is 0 Å². The summed E-state index contributed by atoms with van der Waals surface area (Å²) in [4.78, 5) is 21.0. The molecular formula is C20H21N3O3S. The van der Waals surface area contributed by atoms with E-state index in [0.717, 1.165) is 22.0 Å². The van der Waals surface area contributed by atoms with Crippen LogP contribution in [-0.4, -0.2) is 30.1 Å². The summed E-state index contributed by atoms with van der Waals surface area (Å²) in [5.74, 6) is 1.30. The number of rotatable bonds is 8. The molecule has 0 saturated heterocycles. The Morgan fingerprint density at radius 1 is 1.11 bits per heavy atom. The van der Waals surface area contributed by atoms with Crippen LogP contribution in [0.2, 0.25) is 0 Å². The number of nitrogens with one attached hydrogen (secondary N) is 1. The second-order valence-corrected chi connectivity index (χ2v) is 6.75. The largest absolute Gasteiger partial charge is 0.493 e. The van der Waals surface area contributed by atoms with Gasteiger partial charge in [0.05, 0.1) is 30.6 Å². The smallest absolute Gasteiger partial charge is 0.220 e. The summed E-state index contributed by atoms with van der Waals surface area (Å²) in [5, 5.41) is 5.82. The molecule has 0 radical (unpaired) electrons. The van der Waals surface area contributed by atoms with Crippen molar-refractivity contribution in [2.45, 2.75) is 19.4 Å². The second-order valence-electron chi connectivity index (χ2n) is 5.81. The van der Waals surface area contributed by atoms with Crippen LogP contribution in [0.4, 0.5) is 0 Å². The first-order valence-corrected chi connectivity index (χ1v) is 9.41. The first-order chi connectivity index (χ1) is 13.2. The van der Waals surface area contributed by atoms with Crippen LogP contribution in [0.1, 0.15) is 17.0 Å². The first-order valence-electron chi connectivity index (χ1n) is 8.53. The number of aromatic nitrogens is 2. The van der Waals surface area contributed by atoms with E-state index >= 15 is 0 Å². The monoisotopic (exact) mass is 383 g/mol. The molecular weight excluding hydrogens is 362 g/mol. The average Bonchev–Trinajstić information content (AvgIpc) is 3.20. The molecule has 0 spiro atoms. The number of thiazole rings is 1. The Balaban J connectivity index is 1.50. The zero-order valence-corrected chi connectivity index (χ0v) is 16.1. The molecule has 1 amide bonds. The lowest BCUT2D eigenvalue weighted by atomic mass is 10.2. The number of amides is 1. The predicted molar refractivity (Wildman–Crippen MR) is 105 cm³/mol. The van der Waals surface area contributed by atoms with Crippen LogP contribution in [0.5, 0.6) is 11.5 Å². The maximum absolute atomic E-state index is 12.1. The standard InChI is InChI=1S/C20H21N3O3S/c1-25-17-7-6-14(11-18(17)26-2)12-22-19(24)8-9-20-23-16(13-27-20)15-5-3-4-10-21-15/h3-7,10-11,13H,8-9,12H2,1-2H3,(H,22,24). The van der Waals surface area contributed by atoms with Crippen molar-refractivity contribution < 1.29 is 14.3 Å². The van der Waals surface area contributed by atoms with Crippen molar-refractivity contribution in [1.29, 1.82) is 0 Å². The van der Waals surface area contributed by atoms with Crippen LogP contribution in [0.25, 0.3) is 11.4 Å². The minimum atomic E-state index is -0.0145. The Labute approximate surface area is 162 Å². The highest BCUT2D eigenvalue weighted by atomic mass is 32.1. The number of ether oxygens (including phenoxy) is 2. The van der Waals surface area contributed by atoms with Crippen LogP contribution in [-0.2, 0) is 17.8 Å². The zero-order chi connectivity index (χ0) is 19.1. The van der Waals surface area contributed by atoms with Crippen LogP contribution >= 0.6 is 11.3 Å². The molecule has 2 aromatic heterocycles. The third kappa shape index (κ3) is 5.04. The minimum Gasteiger partial charge on any atom is -0.493 e. The van der Waals surface area contributed by atoms with E-state index in [4.69, 9.17) is 9.47 Å². The highest BCUT2D eigenvalue weighted by molar-refractivity contribution is 7.09. The normalized spacial score (nSPS) is 10.4. The van der Waals surface area contributed by atoms with Gasteiger partial charge in [-0.3, -0.25) is 9.78 Å². The predicted octanol–water partition coefficient (Wildman–Crippen LogP) is 3.47. The lowest BCUT2D eigenvalue weighted by Gasteiger charge is -2.10. The summed E-state index contributed by atoms with van der Waals surface area (Å²) in [6.45, 7) is 0.441. The summed E-state index contributed by atoms with van der Waals surface area (Å²) in [6, 6.07) is 11.3. The first kappa shape index (κ1) is 18.8. The molecule has 0 atom stereocenters. The lowest BCUT2D eigenvalue weighted by molar-refractivity contribution is -0.121. The lowest BCUT2D eigenvalue weighted by Crippen LogP contribution is -2.23. The molecule has 0 aliphatic heterocycles. The number of pyridine rings is 1. The number of aryl methyl sites for hydroxylation is 1. The van der Waals surface area contributed by atoms with E-state index in [9.17, 15) is 4.79 Å². The van der Waals surface area contributed by atoms with E-state index in [1.165, 1.54) is 0 Å². The SMILES string of the molecule is COc1ccc(CNC(=O)CCc2nc(-c3ccccn3)cs2)cc1OC. The van der Waals surface area contributed by atoms with Crippen LogP contribution in [0, 0.1) is 0 Å². The summed E-state index contributed by atoms with van der Waals surface area (Å²) < 4.78 is 10.5. The fraction of sp³-hybridized carbons (Fsp3) is 0.250. The Bertz CT molecular complexity index is 896. The Hall–Kier alpha value is -2.93. The number of nitrogens with zero attached hydrogens (tertiary/aromatic N) is 2. The molecule has 7 heteroatoms. The molecule has 1 N–H and O–H groups in total. The Morgan fingerprint density at radius 3 is 2.70 bits per heavy atom. The number of hydrogen-bond donors (Lipinski definition) is 1. The number of hydrogen-bond acceptors (Lipinski definition) is 6. The maximum atomic E-state index is 12.1. The van der Waals surface area contributed by atoms with Crippen molar-refractivity contribution in [3.63, 3.8) is 0 Å². The van der Waals surface area contributed by atoms with E-state index in [0.29, 0.717) is 30.9 Å². The number of carbonyl (C=O) groups is 1. The van der Waals surface area contributed by atoms with Gasteiger partial charge in [0, 0.05) is 31.0 Å². The van der Waals surface area contributed by atoms with Gasteiger partial charge in [0.15, 0.2) is 11.5 Å². The van der Waals surface area contributed by atoms with E-state index in [2.05, 4.69) is 15.3 Å². The Kier molecular flexibility index (Phi) is 6.38. The van der Waals surface area contributed by atoms with Gasteiger partial charge < -0.3 is 14.8 Å². The van der Waals surface area contributed by atoms with Gasteiger partial charge in [-0.05, 0) is 29.8 Å². The molecule has 0 aliphatic rings. The molecule has 0 unspecified atom stereocenters. The van der Waals surface area contributed by atoms with Crippen LogP contribution in [0.15, 0.2) is 48.0 Å². The molecule has 6 nitrogen and oxygen atoms in total. The van der Waals surface area contributed by atoms with Gasteiger partial charge in [0.25, 0.3) is 0 Å². The fourth-order valence-corrected chi connectivity index (χ4v) is 3.35. The molecule has 2 heterocycles. The highest BCUT2D eigenvalue weighted by Crippen LogP contribution is 2.27. The summed E-state index contributed by atoms with van der Waals surface area (Å²) in [5.41, 5.74) is 2.65. The van der Waals surface area contributed by atoms with E-state index in [-0.39, 0.29) is 5.91 Å². The quantitative estimate of drug-likeness (QED) is 0.645. The molecule has 3 rings (SSSR count).